The first-order valence-electron chi connectivity index (χ1n) is 29.2. The van der Waals surface area contributed by atoms with E-state index in [-0.39, 0.29) is 49.5 Å². The van der Waals surface area contributed by atoms with E-state index in [4.69, 9.17) is 37.9 Å². The average molecular weight is 1150 g/mol. The molecule has 0 saturated carbocycles. The van der Waals surface area contributed by atoms with Gasteiger partial charge < -0.3 is 67.9 Å². The number of hydrogen-bond acceptors (Lipinski definition) is 18. The number of carbonyl (C=O) groups is 3. The topological polar surface area (TPSA) is 226 Å². The smallest absolute Gasteiger partial charge is 0.311 e. The minimum absolute atomic E-state index is 0.0158. The number of amides is 1. The summed E-state index contributed by atoms with van der Waals surface area (Å²) < 4.78 is 66.6. The van der Waals surface area contributed by atoms with Gasteiger partial charge in [0.1, 0.15) is 36.6 Å². The third kappa shape index (κ3) is 16.9. The Hall–Kier alpha value is -4.00. The van der Waals surface area contributed by atoms with E-state index in [1.54, 1.807) is 46.1 Å². The largest absolute Gasteiger partial charge is 0.459 e. The van der Waals surface area contributed by atoms with Crippen molar-refractivity contribution in [1.29, 1.82) is 0 Å². The van der Waals surface area contributed by atoms with Gasteiger partial charge in [-0.1, -0.05) is 56.3 Å². The fraction of sp³-hybridized carbons (Fsp3) is 0.783. The van der Waals surface area contributed by atoms with Crippen LogP contribution in [0, 0.1) is 17.8 Å². The first-order valence-corrected chi connectivity index (χ1v) is 29.2. The van der Waals surface area contributed by atoms with Gasteiger partial charge in [-0.3, -0.25) is 14.4 Å². The Morgan fingerprint density at radius 3 is 2.27 bits per heavy atom. The van der Waals surface area contributed by atoms with Crippen LogP contribution in [0.5, 0.6) is 0 Å². The molecule has 6 rings (SSSR count). The van der Waals surface area contributed by atoms with Crippen molar-refractivity contribution < 1.29 is 72.0 Å². The highest BCUT2D eigenvalue weighted by Crippen LogP contribution is 2.41. The standard InChI is InChI=1S/C60H97FN6O14/c1-16-49-60(11,73)55(70)41(7)65(13)33-36(2)29-59(10,72)56(39(5)53(40(6)57(71)79-49)80-52-31-58(9,75-15)30-38(4)78-52)81-51-28-47(27-37(3)77-51)64(12)24-23-46-34-67(63-62-46)48(32-61)54(74-14)45-19-17-43(18-20-45)44-21-25-66(26-22-44)50(69)35-76-42(8)68/h17-21,34,36-41,47-49,51-56,70,72-73H,16,22-33,35H2,1-15H3/t36-,37-,38+,39+,40-,41-,47+,48?,49-,51?,52?,53+,54?,55-,56-,58+,59-,60-/m1/s1. The predicted molar refractivity (Wildman–Crippen MR) is 301 cm³/mol. The molecule has 0 aliphatic carbocycles. The molecule has 20 nitrogen and oxygen atoms in total. The number of aliphatic hydroxyl groups is 3. The summed E-state index contributed by atoms with van der Waals surface area (Å²) in [7, 11) is 7.12. The normalized spacial score (nSPS) is 36.0. The summed E-state index contributed by atoms with van der Waals surface area (Å²) in [5, 5.41) is 45.4. The first-order chi connectivity index (χ1) is 38.1. The molecule has 1 aromatic carbocycles. The molecule has 0 spiro atoms. The second kappa shape index (κ2) is 28.7. The number of aliphatic hydroxyl groups excluding tert-OH is 1. The van der Waals surface area contributed by atoms with Gasteiger partial charge in [0.15, 0.2) is 19.2 Å². The van der Waals surface area contributed by atoms with Crippen LogP contribution in [0.15, 0.2) is 36.5 Å². The number of aromatic nitrogens is 3. The Bertz CT molecular complexity index is 2380. The number of likely N-dealkylation sites (N-methyl/N-ethyl adjacent to an activating group) is 2. The summed E-state index contributed by atoms with van der Waals surface area (Å²) in [5.41, 5.74) is -0.363. The Kier molecular flexibility index (Phi) is 23.5. The molecule has 4 aliphatic heterocycles. The molecule has 1 aromatic heterocycles. The summed E-state index contributed by atoms with van der Waals surface area (Å²) in [6.45, 7) is 20.7. The predicted octanol–water partition coefficient (Wildman–Crippen LogP) is 6.24. The van der Waals surface area contributed by atoms with Gasteiger partial charge in [0.25, 0.3) is 5.91 Å². The molecule has 1 amide bonds. The van der Waals surface area contributed by atoms with Crippen molar-refractivity contribution >= 4 is 23.4 Å². The van der Waals surface area contributed by atoms with Crippen molar-refractivity contribution in [3.8, 4) is 0 Å². The molecule has 0 radical (unpaired) electrons. The number of esters is 2. The molecular weight excluding hydrogens is 1050 g/mol. The fourth-order valence-corrected chi connectivity index (χ4v) is 12.8. The Morgan fingerprint density at radius 1 is 0.963 bits per heavy atom. The van der Waals surface area contributed by atoms with Crippen LogP contribution < -0.4 is 0 Å². The van der Waals surface area contributed by atoms with E-state index >= 15 is 4.39 Å². The molecule has 81 heavy (non-hydrogen) atoms. The summed E-state index contributed by atoms with van der Waals surface area (Å²) in [5.74, 6) is -3.14. The average Bonchev–Trinajstić information content (AvgIpc) is 3.92. The monoisotopic (exact) mass is 1140 g/mol. The fourth-order valence-electron chi connectivity index (χ4n) is 12.8. The number of methoxy groups -OCH3 is 2. The number of halogens is 1. The second-order valence-electron chi connectivity index (χ2n) is 24.6. The van der Waals surface area contributed by atoms with E-state index < -0.39 is 102 Å². The number of nitrogens with zero attached hydrogens (tertiary/aromatic N) is 6. The van der Waals surface area contributed by atoms with E-state index in [0.29, 0.717) is 70.4 Å². The lowest BCUT2D eigenvalue weighted by atomic mass is 9.77. The molecule has 4 unspecified atom stereocenters. The summed E-state index contributed by atoms with van der Waals surface area (Å²) >= 11 is 0. The molecule has 2 aromatic rings. The van der Waals surface area contributed by atoms with Gasteiger partial charge in [-0.25, -0.2) is 9.07 Å². The number of hydrogen-bond donors (Lipinski definition) is 3. The van der Waals surface area contributed by atoms with Crippen LogP contribution in [0.3, 0.4) is 0 Å². The molecule has 3 saturated heterocycles. The maximum absolute atomic E-state index is 15.1. The highest BCUT2D eigenvalue weighted by molar-refractivity contribution is 5.81. The van der Waals surface area contributed by atoms with Gasteiger partial charge >= 0.3 is 11.9 Å². The van der Waals surface area contributed by atoms with Gasteiger partial charge in [-0.2, -0.15) is 0 Å². The zero-order valence-electron chi connectivity index (χ0n) is 50.9. The second-order valence-corrected chi connectivity index (χ2v) is 24.6. The third-order valence-electron chi connectivity index (χ3n) is 17.7. The SMILES string of the molecule is CC[C@H]1OC(=O)[C@H](C)[C@@H](OC2C[C@@](C)(OC)C[C@H](C)O2)[C@H](C)[C@@H](OC2C[C@@H](N(C)CCc3cn(C(CF)C(OC)c4ccc(C5=CCN(C(=O)COC(C)=O)CC5)cc4)nn3)C[C@@H](C)O2)[C@](C)(O)C[C@@H](C)CN(C)[C@H](C)[C@@H](O)[C@]1(C)O. The summed E-state index contributed by atoms with van der Waals surface area (Å²) in [6.07, 6.45) is 0.683. The van der Waals surface area contributed by atoms with E-state index in [1.165, 1.54) is 18.5 Å². The van der Waals surface area contributed by atoms with Crippen molar-refractivity contribution in [2.24, 2.45) is 17.8 Å². The summed E-state index contributed by atoms with van der Waals surface area (Å²) in [4.78, 5) is 44.0. The zero-order valence-corrected chi connectivity index (χ0v) is 50.9. The van der Waals surface area contributed by atoms with Crippen LogP contribution in [0.2, 0.25) is 0 Å². The van der Waals surface area contributed by atoms with Gasteiger partial charge in [0.2, 0.25) is 0 Å². The van der Waals surface area contributed by atoms with Gasteiger partial charge in [-0.15, -0.1) is 5.10 Å². The quantitative estimate of drug-likeness (QED) is 0.140. The maximum atomic E-state index is 15.1. The molecule has 3 N–H and O–H groups in total. The van der Waals surface area contributed by atoms with Crippen LogP contribution in [0.25, 0.3) is 5.57 Å². The number of carbonyl (C=O) groups excluding carboxylic acids is 3. The van der Waals surface area contributed by atoms with Crippen molar-refractivity contribution in [2.75, 3.05) is 67.8 Å². The van der Waals surface area contributed by atoms with Gasteiger partial charge in [-0.05, 0) is 111 Å². The molecule has 5 heterocycles. The molecular formula is C60H97FN6O14. The van der Waals surface area contributed by atoms with E-state index in [9.17, 15) is 29.7 Å². The molecule has 18 atom stereocenters. The van der Waals surface area contributed by atoms with Gasteiger partial charge in [0, 0.05) is 97.2 Å². The Labute approximate surface area is 480 Å². The third-order valence-corrected chi connectivity index (χ3v) is 17.7. The highest BCUT2D eigenvalue weighted by Gasteiger charge is 2.51. The van der Waals surface area contributed by atoms with Crippen LogP contribution >= 0.6 is 0 Å². The highest BCUT2D eigenvalue weighted by atomic mass is 19.1. The van der Waals surface area contributed by atoms with Crippen LogP contribution in [-0.4, -0.2) is 209 Å². The van der Waals surface area contributed by atoms with E-state index in [1.807, 2.05) is 90.9 Å². The van der Waals surface area contributed by atoms with E-state index in [0.717, 1.165) is 16.7 Å². The lowest BCUT2D eigenvalue weighted by Crippen LogP contribution is -2.59. The lowest BCUT2D eigenvalue weighted by Gasteiger charge is -2.47. The number of cyclic esters (lactones) is 1. The maximum Gasteiger partial charge on any atom is 0.311 e. The minimum Gasteiger partial charge on any atom is -0.459 e. The summed E-state index contributed by atoms with van der Waals surface area (Å²) in [6, 6.07) is 6.44. The Morgan fingerprint density at radius 2 is 1.65 bits per heavy atom. The number of ether oxygens (including phenoxy) is 8. The van der Waals surface area contributed by atoms with Crippen molar-refractivity contribution in [3.63, 3.8) is 0 Å². The molecule has 0 bridgehead atoms. The lowest BCUT2D eigenvalue weighted by molar-refractivity contribution is -0.292. The number of benzene rings is 1. The molecule has 458 valence electrons. The van der Waals surface area contributed by atoms with Crippen LogP contribution in [0.4, 0.5) is 4.39 Å². The van der Waals surface area contributed by atoms with Crippen molar-refractivity contribution in [1.82, 2.24) is 29.7 Å². The van der Waals surface area contributed by atoms with Crippen LogP contribution in [0.1, 0.15) is 150 Å². The minimum atomic E-state index is -1.80. The molecule has 4 aliphatic rings. The number of alkyl halides is 1. The van der Waals surface area contributed by atoms with Gasteiger partial charge in [0.05, 0.1) is 47.2 Å². The van der Waals surface area contributed by atoms with Crippen molar-refractivity contribution in [3.05, 3.63) is 53.4 Å². The number of rotatable bonds is 18. The molecule has 3 fully saturated rings. The van der Waals surface area contributed by atoms with E-state index in [2.05, 4.69) is 15.2 Å². The molecule has 21 heteroatoms. The first kappa shape index (κ1) is 66.1. The van der Waals surface area contributed by atoms with Crippen LogP contribution in [-0.2, 0) is 58.7 Å². The zero-order chi connectivity index (χ0) is 59.7. The van der Waals surface area contributed by atoms with Crippen molar-refractivity contribution in [2.45, 2.75) is 218 Å². The Balaban J connectivity index is 1.18.